The number of urea groups is 1. The number of rotatable bonds is 7. The lowest BCUT2D eigenvalue weighted by Gasteiger charge is -2.42. The molecular formula is C30H45ClN4O3. The van der Waals surface area contributed by atoms with Crippen LogP contribution in [0.3, 0.4) is 0 Å². The Bertz CT molecular complexity index is 1010. The lowest BCUT2D eigenvalue weighted by atomic mass is 9.84. The van der Waals surface area contributed by atoms with Crippen molar-refractivity contribution in [2.45, 2.75) is 71.3 Å². The highest BCUT2D eigenvalue weighted by Gasteiger charge is 2.58. The van der Waals surface area contributed by atoms with Crippen molar-refractivity contribution in [3.8, 4) is 0 Å². The number of piperidine rings is 1. The van der Waals surface area contributed by atoms with E-state index in [-0.39, 0.29) is 35.7 Å². The highest BCUT2D eigenvalue weighted by molar-refractivity contribution is 6.07. The predicted octanol–water partition coefficient (Wildman–Crippen LogP) is 4.62. The van der Waals surface area contributed by atoms with Crippen LogP contribution < -0.4 is 0 Å². The summed E-state index contributed by atoms with van der Waals surface area (Å²) >= 11 is 0. The molecule has 0 bridgehead atoms. The summed E-state index contributed by atoms with van der Waals surface area (Å²) in [6, 6.07) is 10.5. The van der Waals surface area contributed by atoms with Crippen LogP contribution in [0.25, 0.3) is 0 Å². The van der Waals surface area contributed by atoms with Gasteiger partial charge in [0, 0.05) is 58.2 Å². The van der Waals surface area contributed by atoms with Crippen LogP contribution in [-0.2, 0) is 9.59 Å². The molecule has 1 aromatic carbocycles. The van der Waals surface area contributed by atoms with E-state index < -0.39 is 5.54 Å². The Morgan fingerprint density at radius 2 is 1.66 bits per heavy atom. The van der Waals surface area contributed by atoms with Crippen LogP contribution >= 0.6 is 12.4 Å². The van der Waals surface area contributed by atoms with Gasteiger partial charge in [-0.1, -0.05) is 51.1 Å². The molecule has 1 aliphatic carbocycles. The molecule has 0 aromatic heterocycles. The number of benzene rings is 1. The second-order valence-electron chi connectivity index (χ2n) is 13.0. The van der Waals surface area contributed by atoms with Crippen molar-refractivity contribution in [2.24, 2.45) is 17.3 Å². The first kappa shape index (κ1) is 28.9. The maximum absolute atomic E-state index is 13.5. The Labute approximate surface area is 234 Å². The first-order valence-corrected chi connectivity index (χ1v) is 14.3. The van der Waals surface area contributed by atoms with Gasteiger partial charge in [-0.2, -0.15) is 0 Å². The summed E-state index contributed by atoms with van der Waals surface area (Å²) in [5.41, 5.74) is 0.611. The molecule has 0 radical (unpaired) electrons. The third kappa shape index (κ3) is 5.74. The number of hydrogen-bond donors (Lipinski definition) is 0. The molecule has 3 heterocycles. The molecule has 38 heavy (non-hydrogen) atoms. The Hall–Kier alpha value is -2.12. The molecule has 1 saturated carbocycles. The monoisotopic (exact) mass is 544 g/mol. The van der Waals surface area contributed by atoms with E-state index in [0.717, 1.165) is 45.6 Å². The first-order valence-electron chi connectivity index (χ1n) is 14.3. The third-order valence-electron chi connectivity index (χ3n) is 8.95. The van der Waals surface area contributed by atoms with Gasteiger partial charge in [-0.25, -0.2) is 4.79 Å². The lowest BCUT2D eigenvalue weighted by molar-refractivity contribution is -0.136. The summed E-state index contributed by atoms with van der Waals surface area (Å²) in [5, 5.41) is 0. The minimum absolute atomic E-state index is 0. The molecule has 4 aliphatic rings. The zero-order valence-electron chi connectivity index (χ0n) is 23.5. The highest BCUT2D eigenvalue weighted by Crippen LogP contribution is 2.41. The van der Waals surface area contributed by atoms with E-state index in [4.69, 9.17) is 0 Å². The van der Waals surface area contributed by atoms with Crippen molar-refractivity contribution >= 4 is 30.3 Å². The smallest absolute Gasteiger partial charge is 0.327 e. The molecule has 3 aliphatic heterocycles. The number of halogens is 1. The summed E-state index contributed by atoms with van der Waals surface area (Å²) in [6.45, 7) is 13.6. The first-order chi connectivity index (χ1) is 17.6. The minimum Gasteiger partial charge on any atom is -0.342 e. The fraction of sp³-hybridized carbons (Fsp3) is 0.700. The number of likely N-dealkylation sites (N-methyl/N-ethyl adjacent to an activating group) is 1. The van der Waals surface area contributed by atoms with Crippen LogP contribution in [0.2, 0.25) is 0 Å². The van der Waals surface area contributed by atoms with Crippen LogP contribution in [-0.4, -0.2) is 88.8 Å². The Balaban J connectivity index is 0.00000336. The topological polar surface area (TPSA) is 64.2 Å². The number of carbonyl (C=O) groups excluding carboxylic acids is 3. The molecule has 0 N–H and O–H groups in total. The van der Waals surface area contributed by atoms with E-state index in [1.165, 1.54) is 5.56 Å². The molecule has 7 nitrogen and oxygen atoms in total. The van der Waals surface area contributed by atoms with Crippen LogP contribution in [0.5, 0.6) is 0 Å². The molecule has 210 valence electrons. The van der Waals surface area contributed by atoms with Crippen molar-refractivity contribution in [3.63, 3.8) is 0 Å². The van der Waals surface area contributed by atoms with Gasteiger partial charge in [-0.3, -0.25) is 14.5 Å². The van der Waals surface area contributed by atoms with E-state index >= 15 is 0 Å². The number of imide groups is 1. The van der Waals surface area contributed by atoms with Gasteiger partial charge in [0.15, 0.2) is 0 Å². The van der Waals surface area contributed by atoms with E-state index in [1.54, 1.807) is 4.90 Å². The van der Waals surface area contributed by atoms with Crippen LogP contribution in [0.4, 0.5) is 4.79 Å². The lowest BCUT2D eigenvalue weighted by Crippen LogP contribution is -2.57. The number of hydrogen-bond acceptors (Lipinski definition) is 4. The van der Waals surface area contributed by atoms with E-state index in [9.17, 15) is 14.4 Å². The average Bonchev–Trinajstić information content (AvgIpc) is 3.55. The zero-order valence-corrected chi connectivity index (χ0v) is 24.3. The average molecular weight is 545 g/mol. The Morgan fingerprint density at radius 3 is 2.24 bits per heavy atom. The standard InChI is InChI=1S/C30H44N4O3.ClH/c1-5-34-28(37)33(18-22-11-12-22)27(36)30(34)13-15-31(16-14-30)19-24-20-32(26(35)17-29(2,3)4)21-25(24)23-9-7-6-8-10-23;/h6-10,22,24-25H,5,11-21H2,1-4H3;1H/t24?,25-;/m1./s1. The summed E-state index contributed by atoms with van der Waals surface area (Å²) < 4.78 is 0. The van der Waals surface area contributed by atoms with Gasteiger partial charge in [0.2, 0.25) is 5.91 Å². The summed E-state index contributed by atoms with van der Waals surface area (Å²) in [5.74, 6) is 1.46. The van der Waals surface area contributed by atoms with Gasteiger partial charge in [0.05, 0.1) is 0 Å². The fourth-order valence-electron chi connectivity index (χ4n) is 6.76. The van der Waals surface area contributed by atoms with E-state index in [0.29, 0.717) is 50.1 Å². The fourth-order valence-corrected chi connectivity index (χ4v) is 6.76. The van der Waals surface area contributed by atoms with Crippen LogP contribution in [0.1, 0.15) is 71.3 Å². The van der Waals surface area contributed by atoms with Gasteiger partial charge >= 0.3 is 6.03 Å². The van der Waals surface area contributed by atoms with Crippen molar-refractivity contribution in [3.05, 3.63) is 35.9 Å². The van der Waals surface area contributed by atoms with E-state index in [1.807, 2.05) is 17.9 Å². The molecular weight excluding hydrogens is 500 g/mol. The van der Waals surface area contributed by atoms with Crippen molar-refractivity contribution in [1.29, 1.82) is 0 Å². The zero-order chi connectivity index (χ0) is 26.4. The molecule has 1 spiro atoms. The summed E-state index contributed by atoms with van der Waals surface area (Å²) in [7, 11) is 0. The van der Waals surface area contributed by atoms with Gasteiger partial charge in [-0.05, 0) is 55.4 Å². The molecule has 4 fully saturated rings. The van der Waals surface area contributed by atoms with E-state index in [2.05, 4.69) is 54.8 Å². The van der Waals surface area contributed by atoms with Gasteiger partial charge in [0.1, 0.15) is 5.54 Å². The maximum atomic E-state index is 13.5. The van der Waals surface area contributed by atoms with Crippen LogP contribution in [0, 0.1) is 17.3 Å². The molecule has 1 unspecified atom stereocenters. The summed E-state index contributed by atoms with van der Waals surface area (Å²) in [6.07, 6.45) is 4.21. The number of likely N-dealkylation sites (tertiary alicyclic amines) is 2. The predicted molar refractivity (Wildman–Crippen MR) is 151 cm³/mol. The maximum Gasteiger partial charge on any atom is 0.327 e. The molecule has 4 amide bonds. The highest BCUT2D eigenvalue weighted by atomic mass is 35.5. The van der Waals surface area contributed by atoms with Gasteiger partial charge in [-0.15, -0.1) is 12.4 Å². The van der Waals surface area contributed by atoms with Gasteiger partial charge in [0.25, 0.3) is 5.91 Å². The second kappa shape index (κ2) is 11.2. The molecule has 2 atom stereocenters. The largest absolute Gasteiger partial charge is 0.342 e. The number of amides is 4. The van der Waals surface area contributed by atoms with Crippen molar-refractivity contribution in [1.82, 2.24) is 19.6 Å². The minimum atomic E-state index is -0.666. The number of nitrogens with zero attached hydrogens (tertiary/aromatic N) is 4. The SMILES string of the molecule is CCN1C(=O)N(CC2CC2)C(=O)C12CCN(CC1CN(C(=O)CC(C)(C)C)C[C@@H]1c1ccccc1)CC2.Cl. The molecule has 8 heteroatoms. The van der Waals surface area contributed by atoms with Crippen LogP contribution in [0.15, 0.2) is 30.3 Å². The summed E-state index contributed by atoms with van der Waals surface area (Å²) in [4.78, 5) is 47.7. The Kier molecular flexibility index (Phi) is 8.49. The normalized spacial score (nSPS) is 25.8. The molecule has 1 aromatic rings. The van der Waals surface area contributed by atoms with Crippen molar-refractivity contribution < 1.29 is 14.4 Å². The number of carbonyl (C=O) groups is 3. The second-order valence-corrected chi connectivity index (χ2v) is 13.0. The van der Waals surface area contributed by atoms with Gasteiger partial charge < -0.3 is 14.7 Å². The molecule has 3 saturated heterocycles. The quantitative estimate of drug-likeness (QED) is 0.470. The molecule has 5 rings (SSSR count). The van der Waals surface area contributed by atoms with Crippen molar-refractivity contribution in [2.75, 3.05) is 45.8 Å². The third-order valence-corrected chi connectivity index (χ3v) is 8.95. The Morgan fingerprint density at radius 1 is 1.00 bits per heavy atom.